The van der Waals surface area contributed by atoms with Crippen LogP contribution in [0.2, 0.25) is 0 Å². The van der Waals surface area contributed by atoms with E-state index in [4.69, 9.17) is 13.9 Å². The number of hydrogen-bond donors (Lipinski definition) is 0. The number of hydrogen-bond acceptors (Lipinski definition) is 5. The first-order valence-corrected chi connectivity index (χ1v) is 6.86. The van der Waals surface area contributed by atoms with Gasteiger partial charge in [0.2, 0.25) is 11.7 Å². The smallest absolute Gasteiger partial charge is 0.375 e. The quantitative estimate of drug-likeness (QED) is 0.764. The van der Waals surface area contributed by atoms with Crippen molar-refractivity contribution in [3.05, 3.63) is 53.2 Å². The second kappa shape index (κ2) is 7.04. The van der Waals surface area contributed by atoms with Crippen molar-refractivity contribution in [3.63, 3.8) is 0 Å². The van der Waals surface area contributed by atoms with E-state index in [2.05, 4.69) is 4.98 Å². The molecule has 0 aliphatic heterocycles. The predicted octanol–water partition coefficient (Wildman–Crippen LogP) is 3.15. The highest BCUT2D eigenvalue weighted by atomic mass is 16.5. The monoisotopic (exact) mass is 289 g/mol. The zero-order chi connectivity index (χ0) is 15.2. The summed E-state index contributed by atoms with van der Waals surface area (Å²) in [6.07, 6.45) is 1.07. The van der Waals surface area contributed by atoms with E-state index in [1.54, 1.807) is 7.11 Å². The Kier molecular flexibility index (Phi) is 5.11. The lowest BCUT2D eigenvalue weighted by atomic mass is 10.1. The summed E-state index contributed by atoms with van der Waals surface area (Å²) >= 11 is 0. The second-order valence-corrected chi connectivity index (χ2v) is 4.60. The van der Waals surface area contributed by atoms with Crippen LogP contribution in [-0.4, -0.2) is 25.2 Å². The van der Waals surface area contributed by atoms with Gasteiger partial charge < -0.3 is 13.9 Å². The maximum absolute atomic E-state index is 11.8. The van der Waals surface area contributed by atoms with Crippen molar-refractivity contribution < 1.29 is 18.7 Å². The second-order valence-electron chi connectivity index (χ2n) is 4.60. The van der Waals surface area contributed by atoms with E-state index in [9.17, 15) is 4.79 Å². The number of oxazole rings is 1. The van der Waals surface area contributed by atoms with Gasteiger partial charge in [0.05, 0.1) is 12.8 Å². The van der Waals surface area contributed by atoms with E-state index in [1.165, 1.54) is 7.11 Å². The highest BCUT2D eigenvalue weighted by Gasteiger charge is 2.25. The third-order valence-electron chi connectivity index (χ3n) is 3.13. The first kappa shape index (κ1) is 15.3. The number of nitrogens with zero attached hydrogens (tertiary/aromatic N) is 1. The molecule has 0 aliphatic carbocycles. The molecule has 5 nitrogen and oxygen atoms in total. The Morgan fingerprint density at radius 3 is 2.57 bits per heavy atom. The minimum absolute atomic E-state index is 0.160. The largest absolute Gasteiger partial charge is 0.463 e. The number of aryl methyl sites for hydroxylation is 1. The summed E-state index contributed by atoms with van der Waals surface area (Å²) in [6, 6.07) is 9.61. The fourth-order valence-electron chi connectivity index (χ4n) is 2.15. The zero-order valence-corrected chi connectivity index (χ0v) is 12.5. The first-order valence-electron chi connectivity index (χ1n) is 6.86. The summed E-state index contributed by atoms with van der Waals surface area (Å²) in [6.45, 7) is 2.01. The normalized spacial score (nSPS) is 12.1. The molecule has 2 rings (SSSR count). The van der Waals surface area contributed by atoms with Gasteiger partial charge in [0.15, 0.2) is 6.10 Å². The first-order chi connectivity index (χ1) is 10.2. The molecular formula is C16H19NO4. The van der Waals surface area contributed by atoms with Crippen molar-refractivity contribution in [3.8, 4) is 0 Å². The minimum Gasteiger partial charge on any atom is -0.463 e. The van der Waals surface area contributed by atoms with Crippen molar-refractivity contribution in [1.82, 2.24) is 4.98 Å². The van der Waals surface area contributed by atoms with Crippen LogP contribution >= 0.6 is 0 Å². The van der Waals surface area contributed by atoms with E-state index in [-0.39, 0.29) is 5.76 Å². The van der Waals surface area contributed by atoms with Gasteiger partial charge in [0, 0.05) is 7.11 Å². The van der Waals surface area contributed by atoms with E-state index < -0.39 is 12.1 Å². The summed E-state index contributed by atoms with van der Waals surface area (Å²) in [7, 11) is 2.91. The van der Waals surface area contributed by atoms with Gasteiger partial charge in [0.25, 0.3) is 0 Å². The average molecular weight is 289 g/mol. The molecule has 2 aromatic rings. The Balaban J connectivity index is 2.40. The molecule has 0 saturated carbocycles. The molecule has 1 aromatic carbocycles. The van der Waals surface area contributed by atoms with Gasteiger partial charge in [-0.1, -0.05) is 43.7 Å². The predicted molar refractivity (Wildman–Crippen MR) is 77.1 cm³/mol. The number of ether oxygens (including phenoxy) is 2. The lowest BCUT2D eigenvalue weighted by Crippen LogP contribution is -2.04. The Labute approximate surface area is 123 Å². The highest BCUT2D eigenvalue weighted by molar-refractivity contribution is 5.87. The molecule has 0 spiro atoms. The topological polar surface area (TPSA) is 61.6 Å². The number of esters is 1. The number of carbonyl (C=O) groups excluding carboxylic acids is 1. The number of rotatable bonds is 6. The Morgan fingerprint density at radius 1 is 1.29 bits per heavy atom. The number of carbonyl (C=O) groups is 1. The van der Waals surface area contributed by atoms with Gasteiger partial charge in [-0.15, -0.1) is 0 Å². The lowest BCUT2D eigenvalue weighted by Gasteiger charge is -2.11. The van der Waals surface area contributed by atoms with Crippen molar-refractivity contribution in [2.75, 3.05) is 14.2 Å². The van der Waals surface area contributed by atoms with Gasteiger partial charge in [-0.2, -0.15) is 0 Å². The number of benzene rings is 1. The SMILES string of the molecule is CCCc1nc(C(OC)c2ccccc2)oc1C(=O)OC. The Hall–Kier alpha value is -2.14. The fraction of sp³-hybridized carbons (Fsp3) is 0.375. The van der Waals surface area contributed by atoms with Crippen molar-refractivity contribution in [1.29, 1.82) is 0 Å². The molecule has 0 amide bonds. The van der Waals surface area contributed by atoms with Gasteiger partial charge in [0.1, 0.15) is 0 Å². The summed E-state index contributed by atoms with van der Waals surface area (Å²) in [5, 5.41) is 0. The van der Waals surface area contributed by atoms with Crippen LogP contribution in [0.25, 0.3) is 0 Å². The van der Waals surface area contributed by atoms with Crippen LogP contribution in [-0.2, 0) is 15.9 Å². The molecule has 112 valence electrons. The molecular weight excluding hydrogens is 270 g/mol. The van der Waals surface area contributed by atoms with Gasteiger partial charge >= 0.3 is 5.97 Å². The molecule has 0 radical (unpaired) electrons. The van der Waals surface area contributed by atoms with Crippen molar-refractivity contribution in [2.45, 2.75) is 25.9 Å². The van der Waals surface area contributed by atoms with Crippen LogP contribution in [0.15, 0.2) is 34.7 Å². The summed E-state index contributed by atoms with van der Waals surface area (Å²) in [4.78, 5) is 16.2. The standard InChI is InChI=1S/C16H19NO4/c1-4-8-12-14(16(18)20-3)21-15(17-12)13(19-2)11-9-6-5-7-10-11/h5-7,9-10,13H,4,8H2,1-3H3. The fourth-order valence-corrected chi connectivity index (χ4v) is 2.15. The number of aromatic nitrogens is 1. The molecule has 1 atom stereocenters. The van der Waals surface area contributed by atoms with Crippen LogP contribution in [0, 0.1) is 0 Å². The van der Waals surface area contributed by atoms with E-state index in [0.717, 1.165) is 12.0 Å². The molecule has 0 aliphatic rings. The van der Waals surface area contributed by atoms with Gasteiger partial charge in [-0.3, -0.25) is 0 Å². The molecule has 1 unspecified atom stereocenters. The lowest BCUT2D eigenvalue weighted by molar-refractivity contribution is 0.0549. The van der Waals surface area contributed by atoms with Gasteiger partial charge in [-0.25, -0.2) is 9.78 Å². The zero-order valence-electron chi connectivity index (χ0n) is 12.5. The Morgan fingerprint density at radius 2 is 2.00 bits per heavy atom. The third kappa shape index (κ3) is 3.31. The maximum Gasteiger partial charge on any atom is 0.375 e. The van der Waals surface area contributed by atoms with Crippen LogP contribution < -0.4 is 0 Å². The molecule has 21 heavy (non-hydrogen) atoms. The van der Waals surface area contributed by atoms with E-state index >= 15 is 0 Å². The van der Waals surface area contributed by atoms with Crippen LogP contribution in [0.1, 0.15) is 47.2 Å². The van der Waals surface area contributed by atoms with Crippen LogP contribution in [0.3, 0.4) is 0 Å². The molecule has 1 aromatic heterocycles. The number of methoxy groups -OCH3 is 2. The van der Waals surface area contributed by atoms with Crippen molar-refractivity contribution in [2.24, 2.45) is 0 Å². The average Bonchev–Trinajstić information content (AvgIpc) is 2.92. The summed E-state index contributed by atoms with van der Waals surface area (Å²) in [5.74, 6) is 0.0139. The molecule has 5 heteroatoms. The third-order valence-corrected chi connectivity index (χ3v) is 3.13. The summed E-state index contributed by atoms with van der Waals surface area (Å²) < 4.78 is 15.8. The molecule has 1 heterocycles. The summed E-state index contributed by atoms with van der Waals surface area (Å²) in [5.41, 5.74) is 1.53. The van der Waals surface area contributed by atoms with Crippen LogP contribution in [0.4, 0.5) is 0 Å². The van der Waals surface area contributed by atoms with E-state index in [1.807, 2.05) is 37.3 Å². The molecule has 0 bridgehead atoms. The molecule has 0 saturated heterocycles. The Bertz CT molecular complexity index is 592. The maximum atomic E-state index is 11.8. The molecule has 0 N–H and O–H groups in total. The van der Waals surface area contributed by atoms with Gasteiger partial charge in [-0.05, 0) is 12.0 Å². The van der Waals surface area contributed by atoms with Crippen LogP contribution in [0.5, 0.6) is 0 Å². The highest BCUT2D eigenvalue weighted by Crippen LogP contribution is 2.27. The van der Waals surface area contributed by atoms with Crippen molar-refractivity contribution >= 4 is 5.97 Å². The van der Waals surface area contributed by atoms with E-state index in [0.29, 0.717) is 18.0 Å². The minimum atomic E-state index is -0.514. The molecule has 0 fully saturated rings.